The Bertz CT molecular complexity index is 688. The number of nitriles is 1. The predicted octanol–water partition coefficient (Wildman–Crippen LogP) is 1.25. The zero-order valence-electron chi connectivity index (χ0n) is 9.92. The summed E-state index contributed by atoms with van der Waals surface area (Å²) in [6.07, 6.45) is 1.23. The van der Waals surface area contributed by atoms with Crippen LogP contribution in [-0.4, -0.2) is 22.6 Å². The number of carbonyl (C=O) groups excluding carboxylic acids is 1. The van der Waals surface area contributed by atoms with Crippen molar-refractivity contribution in [1.82, 2.24) is 9.55 Å². The fourth-order valence-corrected chi connectivity index (χ4v) is 1.63. The van der Waals surface area contributed by atoms with E-state index in [1.54, 1.807) is 6.07 Å². The van der Waals surface area contributed by atoms with Gasteiger partial charge in [0.2, 0.25) is 0 Å². The van der Waals surface area contributed by atoms with Gasteiger partial charge in [-0.3, -0.25) is 4.57 Å². The Morgan fingerprint density at radius 2 is 2.32 bits per heavy atom. The Morgan fingerprint density at radius 1 is 1.58 bits per heavy atom. The topological polar surface area (TPSA) is 93.9 Å². The van der Waals surface area contributed by atoms with Crippen LogP contribution < -0.4 is 5.73 Å². The summed E-state index contributed by atoms with van der Waals surface area (Å²) >= 11 is 0. The number of benzene rings is 1. The highest BCUT2D eigenvalue weighted by Crippen LogP contribution is 2.22. The van der Waals surface area contributed by atoms with Crippen LogP contribution >= 0.6 is 0 Å². The summed E-state index contributed by atoms with van der Waals surface area (Å²) in [6.45, 7) is 0. The van der Waals surface area contributed by atoms with Crippen LogP contribution in [-0.2, 0) is 4.74 Å². The van der Waals surface area contributed by atoms with E-state index in [9.17, 15) is 9.18 Å². The molecule has 2 aromatic rings. The van der Waals surface area contributed by atoms with Crippen molar-refractivity contribution in [1.29, 1.82) is 5.26 Å². The van der Waals surface area contributed by atoms with E-state index >= 15 is 0 Å². The number of carbonyl (C=O) groups is 1. The van der Waals surface area contributed by atoms with Crippen molar-refractivity contribution < 1.29 is 13.9 Å². The van der Waals surface area contributed by atoms with Crippen molar-refractivity contribution in [2.24, 2.45) is 0 Å². The summed E-state index contributed by atoms with van der Waals surface area (Å²) in [7, 11) is 1.20. The maximum absolute atomic E-state index is 13.5. The fourth-order valence-electron chi connectivity index (χ4n) is 1.63. The highest BCUT2D eigenvalue weighted by Gasteiger charge is 2.19. The van der Waals surface area contributed by atoms with Crippen LogP contribution in [0.4, 0.5) is 10.2 Å². The van der Waals surface area contributed by atoms with E-state index in [4.69, 9.17) is 11.0 Å². The highest BCUT2D eigenvalue weighted by atomic mass is 19.1. The third-order valence-corrected chi connectivity index (χ3v) is 2.55. The summed E-state index contributed by atoms with van der Waals surface area (Å²) in [5, 5.41) is 8.96. The molecule has 6 nitrogen and oxygen atoms in total. The Morgan fingerprint density at radius 3 is 2.95 bits per heavy atom. The Kier molecular flexibility index (Phi) is 3.16. The first-order chi connectivity index (χ1) is 9.10. The molecule has 0 aliphatic rings. The van der Waals surface area contributed by atoms with Crippen LogP contribution in [0.15, 0.2) is 24.5 Å². The molecule has 2 N–H and O–H groups in total. The number of rotatable bonds is 2. The number of imidazole rings is 1. The van der Waals surface area contributed by atoms with E-state index < -0.39 is 11.8 Å². The molecular formula is C12H9FN4O2. The Balaban J connectivity index is 2.62. The SMILES string of the molecule is COC(=O)c1ncn(-c2cccc(F)c2C#N)c1N. The molecule has 0 bridgehead atoms. The van der Waals surface area contributed by atoms with Crippen molar-refractivity contribution in [2.45, 2.75) is 0 Å². The van der Waals surface area contributed by atoms with Gasteiger partial charge in [0.05, 0.1) is 12.8 Å². The van der Waals surface area contributed by atoms with E-state index in [1.807, 2.05) is 0 Å². The summed E-state index contributed by atoms with van der Waals surface area (Å²) in [5.74, 6) is -1.40. The average Bonchev–Trinajstić information content (AvgIpc) is 2.79. The number of hydrogen-bond acceptors (Lipinski definition) is 5. The number of nitrogens with two attached hydrogens (primary N) is 1. The van der Waals surface area contributed by atoms with Gasteiger partial charge in [0.1, 0.15) is 29.6 Å². The number of nitrogen functional groups attached to an aromatic ring is 1. The minimum Gasteiger partial charge on any atom is -0.464 e. The van der Waals surface area contributed by atoms with E-state index in [2.05, 4.69) is 9.72 Å². The number of aromatic nitrogens is 2. The molecule has 7 heteroatoms. The second-order valence-electron chi connectivity index (χ2n) is 3.59. The van der Waals surface area contributed by atoms with Gasteiger partial charge in [-0.25, -0.2) is 14.2 Å². The minimum atomic E-state index is -0.703. The monoisotopic (exact) mass is 260 g/mol. The molecule has 2 rings (SSSR count). The van der Waals surface area contributed by atoms with Crippen LogP contribution in [0.1, 0.15) is 16.1 Å². The maximum atomic E-state index is 13.5. The third kappa shape index (κ3) is 1.99. The van der Waals surface area contributed by atoms with Crippen molar-refractivity contribution in [2.75, 3.05) is 12.8 Å². The van der Waals surface area contributed by atoms with Crippen molar-refractivity contribution >= 4 is 11.8 Å². The van der Waals surface area contributed by atoms with Gasteiger partial charge < -0.3 is 10.5 Å². The van der Waals surface area contributed by atoms with Crippen LogP contribution in [0, 0.1) is 17.1 Å². The maximum Gasteiger partial charge on any atom is 0.360 e. The third-order valence-electron chi connectivity index (χ3n) is 2.55. The molecule has 0 aliphatic heterocycles. The molecular weight excluding hydrogens is 251 g/mol. The van der Waals surface area contributed by atoms with Gasteiger partial charge in [0.15, 0.2) is 5.69 Å². The molecule has 0 fully saturated rings. The van der Waals surface area contributed by atoms with Gasteiger partial charge in [-0.15, -0.1) is 0 Å². The number of anilines is 1. The molecule has 0 spiro atoms. The largest absolute Gasteiger partial charge is 0.464 e. The first kappa shape index (κ1) is 12.6. The van der Waals surface area contributed by atoms with E-state index in [0.29, 0.717) is 0 Å². The van der Waals surface area contributed by atoms with E-state index in [1.165, 1.54) is 30.1 Å². The van der Waals surface area contributed by atoms with Gasteiger partial charge in [0.25, 0.3) is 0 Å². The number of hydrogen-bond donors (Lipinski definition) is 1. The zero-order chi connectivity index (χ0) is 14.0. The summed E-state index contributed by atoms with van der Waals surface area (Å²) in [4.78, 5) is 15.2. The lowest BCUT2D eigenvalue weighted by Crippen LogP contribution is -2.08. The van der Waals surface area contributed by atoms with Crippen LogP contribution in [0.3, 0.4) is 0 Å². The lowest BCUT2D eigenvalue weighted by atomic mass is 10.2. The second-order valence-corrected chi connectivity index (χ2v) is 3.59. The number of ether oxygens (including phenoxy) is 1. The number of halogens is 1. The fraction of sp³-hybridized carbons (Fsp3) is 0.0833. The van der Waals surface area contributed by atoms with Crippen molar-refractivity contribution in [3.63, 3.8) is 0 Å². The molecule has 0 saturated heterocycles. The second kappa shape index (κ2) is 4.78. The number of methoxy groups -OCH3 is 1. The zero-order valence-corrected chi connectivity index (χ0v) is 9.92. The first-order valence-electron chi connectivity index (χ1n) is 5.20. The average molecular weight is 260 g/mol. The lowest BCUT2D eigenvalue weighted by molar-refractivity contribution is 0.0596. The molecule has 19 heavy (non-hydrogen) atoms. The smallest absolute Gasteiger partial charge is 0.360 e. The van der Waals surface area contributed by atoms with Gasteiger partial charge in [0, 0.05) is 0 Å². The number of esters is 1. The lowest BCUT2D eigenvalue weighted by Gasteiger charge is -2.07. The summed E-state index contributed by atoms with van der Waals surface area (Å²) < 4.78 is 19.3. The van der Waals surface area contributed by atoms with Crippen LogP contribution in [0.2, 0.25) is 0 Å². The Labute approximate surface area is 107 Å². The minimum absolute atomic E-state index is 0.0195. The normalized spacial score (nSPS) is 9.95. The van der Waals surface area contributed by atoms with E-state index in [0.717, 1.165) is 6.07 Å². The molecule has 0 amide bonds. The molecule has 0 unspecified atom stereocenters. The van der Waals surface area contributed by atoms with E-state index in [-0.39, 0.29) is 22.8 Å². The van der Waals surface area contributed by atoms with Gasteiger partial charge in [-0.1, -0.05) is 6.07 Å². The molecule has 0 aliphatic carbocycles. The van der Waals surface area contributed by atoms with Gasteiger partial charge in [-0.05, 0) is 12.1 Å². The van der Waals surface area contributed by atoms with Crippen LogP contribution in [0.25, 0.3) is 5.69 Å². The first-order valence-corrected chi connectivity index (χ1v) is 5.20. The quantitative estimate of drug-likeness (QED) is 0.820. The highest BCUT2D eigenvalue weighted by molar-refractivity contribution is 5.92. The summed E-state index contributed by atoms with van der Waals surface area (Å²) in [6, 6.07) is 5.84. The molecule has 1 aromatic carbocycles. The molecule has 0 saturated carbocycles. The standard InChI is InChI=1S/C12H9FN4O2/c1-19-12(18)10-11(15)17(6-16-10)9-4-2-3-8(13)7(9)5-14/h2-4,6H,15H2,1H3. The predicted molar refractivity (Wildman–Crippen MR) is 64.0 cm³/mol. The molecule has 1 aromatic heterocycles. The molecule has 1 heterocycles. The molecule has 0 radical (unpaired) electrons. The molecule has 96 valence electrons. The summed E-state index contributed by atoms with van der Waals surface area (Å²) in [5.41, 5.74) is 5.70. The van der Waals surface area contributed by atoms with Gasteiger partial charge in [-0.2, -0.15) is 5.26 Å². The Hall–Kier alpha value is -2.88. The van der Waals surface area contributed by atoms with Crippen LogP contribution in [0.5, 0.6) is 0 Å². The van der Waals surface area contributed by atoms with Gasteiger partial charge >= 0.3 is 5.97 Å². The number of nitrogens with zero attached hydrogens (tertiary/aromatic N) is 3. The van der Waals surface area contributed by atoms with Crippen molar-refractivity contribution in [3.05, 3.63) is 41.6 Å². The molecule has 0 atom stereocenters. The van der Waals surface area contributed by atoms with Crippen molar-refractivity contribution in [3.8, 4) is 11.8 Å².